The predicted molar refractivity (Wildman–Crippen MR) is 57.1 cm³/mol. The Morgan fingerprint density at radius 3 is 2.46 bits per heavy atom. The lowest BCUT2D eigenvalue weighted by Gasteiger charge is -2.13. The topological polar surface area (TPSA) is 38.0 Å². The molecule has 0 fully saturated rings. The van der Waals surface area contributed by atoms with Gasteiger partial charge >= 0.3 is 0 Å². The number of hydrogen-bond donors (Lipinski definition) is 2. The summed E-state index contributed by atoms with van der Waals surface area (Å²) in [6.07, 6.45) is 0.949. The number of benzene rings is 1. The minimum absolute atomic E-state index is 0.348. The van der Waals surface area contributed by atoms with Gasteiger partial charge in [-0.15, -0.1) is 0 Å². The lowest BCUT2D eigenvalue weighted by atomic mass is 10.1. The van der Waals surface area contributed by atoms with Crippen molar-refractivity contribution in [2.75, 3.05) is 13.6 Å². The molecule has 1 rings (SSSR count). The molecule has 72 valence electrons. The number of rotatable bonds is 4. The summed E-state index contributed by atoms with van der Waals surface area (Å²) in [4.78, 5) is 0. The van der Waals surface area contributed by atoms with Crippen molar-refractivity contribution in [3.05, 3.63) is 34.9 Å². The minimum Gasteiger partial charge on any atom is -0.329 e. The molecule has 0 saturated heterocycles. The molecule has 0 aromatic heterocycles. The number of nitrogens with one attached hydrogen (secondary N) is 1. The van der Waals surface area contributed by atoms with E-state index in [-0.39, 0.29) is 0 Å². The van der Waals surface area contributed by atoms with Gasteiger partial charge in [0.1, 0.15) is 0 Å². The molecule has 0 spiro atoms. The molecule has 0 bridgehead atoms. The molecule has 0 saturated carbocycles. The van der Waals surface area contributed by atoms with E-state index < -0.39 is 0 Å². The van der Waals surface area contributed by atoms with Crippen LogP contribution in [0.15, 0.2) is 24.3 Å². The zero-order chi connectivity index (χ0) is 9.68. The van der Waals surface area contributed by atoms with Crippen LogP contribution in [0.2, 0.25) is 5.02 Å². The number of nitrogens with two attached hydrogens (primary N) is 1. The standard InChI is InChI=1S/C10H15ClN2/c1-13-10(7-12)6-8-2-4-9(11)5-3-8/h2-5,10,13H,6-7,12H2,1H3. The highest BCUT2D eigenvalue weighted by molar-refractivity contribution is 6.30. The lowest BCUT2D eigenvalue weighted by molar-refractivity contribution is 0.569. The average Bonchev–Trinajstić information content (AvgIpc) is 2.17. The van der Waals surface area contributed by atoms with Gasteiger partial charge in [-0.25, -0.2) is 0 Å². The molecular weight excluding hydrogens is 184 g/mol. The van der Waals surface area contributed by atoms with Gasteiger partial charge in [0.25, 0.3) is 0 Å². The normalized spacial score (nSPS) is 12.8. The van der Waals surface area contributed by atoms with E-state index >= 15 is 0 Å². The zero-order valence-electron chi connectivity index (χ0n) is 7.76. The fraction of sp³-hybridized carbons (Fsp3) is 0.400. The maximum absolute atomic E-state index is 5.78. The summed E-state index contributed by atoms with van der Waals surface area (Å²) >= 11 is 5.78. The third kappa shape index (κ3) is 3.35. The lowest BCUT2D eigenvalue weighted by Crippen LogP contribution is -2.35. The van der Waals surface area contributed by atoms with Crippen LogP contribution in [0.25, 0.3) is 0 Å². The summed E-state index contributed by atoms with van der Waals surface area (Å²) in [5.74, 6) is 0. The van der Waals surface area contributed by atoms with Gasteiger partial charge < -0.3 is 11.1 Å². The Kier molecular flexibility index (Phi) is 4.22. The van der Waals surface area contributed by atoms with Crippen molar-refractivity contribution in [2.45, 2.75) is 12.5 Å². The highest BCUT2D eigenvalue weighted by atomic mass is 35.5. The summed E-state index contributed by atoms with van der Waals surface area (Å²) in [6.45, 7) is 0.652. The highest BCUT2D eigenvalue weighted by Crippen LogP contribution is 2.10. The highest BCUT2D eigenvalue weighted by Gasteiger charge is 2.03. The second kappa shape index (κ2) is 5.22. The number of hydrogen-bond acceptors (Lipinski definition) is 2. The van der Waals surface area contributed by atoms with E-state index in [4.69, 9.17) is 17.3 Å². The summed E-state index contributed by atoms with van der Waals surface area (Å²) < 4.78 is 0. The largest absolute Gasteiger partial charge is 0.329 e. The van der Waals surface area contributed by atoms with Crippen LogP contribution in [0, 0.1) is 0 Å². The number of likely N-dealkylation sites (N-methyl/N-ethyl adjacent to an activating group) is 1. The van der Waals surface area contributed by atoms with Crippen LogP contribution in [-0.4, -0.2) is 19.6 Å². The van der Waals surface area contributed by atoms with Gasteiger partial charge in [-0.3, -0.25) is 0 Å². The Hall–Kier alpha value is -0.570. The molecule has 1 atom stereocenters. The molecule has 0 aliphatic rings. The van der Waals surface area contributed by atoms with Gasteiger partial charge in [-0.05, 0) is 31.2 Å². The fourth-order valence-corrected chi connectivity index (χ4v) is 1.33. The molecule has 1 aromatic rings. The Labute approximate surface area is 84.1 Å². The molecular formula is C10H15ClN2. The van der Waals surface area contributed by atoms with E-state index in [0.717, 1.165) is 11.4 Å². The van der Waals surface area contributed by atoms with Crippen LogP contribution < -0.4 is 11.1 Å². The van der Waals surface area contributed by atoms with Crippen LogP contribution in [0.4, 0.5) is 0 Å². The second-order valence-corrected chi connectivity index (χ2v) is 3.49. The third-order valence-corrected chi connectivity index (χ3v) is 2.34. The molecule has 0 radical (unpaired) electrons. The maximum Gasteiger partial charge on any atom is 0.0406 e. The molecule has 0 heterocycles. The van der Waals surface area contributed by atoms with E-state index in [1.165, 1.54) is 5.56 Å². The Morgan fingerprint density at radius 2 is 2.00 bits per heavy atom. The van der Waals surface area contributed by atoms with E-state index in [9.17, 15) is 0 Å². The first-order valence-electron chi connectivity index (χ1n) is 4.38. The van der Waals surface area contributed by atoms with Crippen LogP contribution in [0.5, 0.6) is 0 Å². The fourth-order valence-electron chi connectivity index (χ4n) is 1.21. The summed E-state index contributed by atoms with van der Waals surface area (Å²) in [5.41, 5.74) is 6.83. The van der Waals surface area contributed by atoms with Crippen molar-refractivity contribution in [1.82, 2.24) is 5.32 Å². The SMILES string of the molecule is CNC(CN)Cc1ccc(Cl)cc1. The Balaban J connectivity index is 2.58. The van der Waals surface area contributed by atoms with Gasteiger partial charge in [0, 0.05) is 17.6 Å². The quantitative estimate of drug-likeness (QED) is 0.768. The molecule has 0 amide bonds. The van der Waals surface area contributed by atoms with Crippen LogP contribution >= 0.6 is 11.6 Å². The predicted octanol–water partition coefficient (Wildman–Crippen LogP) is 1.43. The van der Waals surface area contributed by atoms with Crippen LogP contribution in [0.3, 0.4) is 0 Å². The maximum atomic E-state index is 5.78. The second-order valence-electron chi connectivity index (χ2n) is 3.05. The zero-order valence-corrected chi connectivity index (χ0v) is 8.51. The molecule has 3 heteroatoms. The molecule has 3 N–H and O–H groups in total. The van der Waals surface area contributed by atoms with Gasteiger partial charge in [-0.2, -0.15) is 0 Å². The van der Waals surface area contributed by atoms with Crippen molar-refractivity contribution in [1.29, 1.82) is 0 Å². The third-order valence-electron chi connectivity index (χ3n) is 2.09. The molecule has 0 aliphatic carbocycles. The summed E-state index contributed by atoms with van der Waals surface area (Å²) in [6, 6.07) is 8.21. The van der Waals surface area contributed by atoms with E-state index in [0.29, 0.717) is 12.6 Å². The Morgan fingerprint density at radius 1 is 1.38 bits per heavy atom. The van der Waals surface area contributed by atoms with Crippen molar-refractivity contribution in [2.24, 2.45) is 5.73 Å². The van der Waals surface area contributed by atoms with Crippen molar-refractivity contribution in [3.8, 4) is 0 Å². The molecule has 1 unspecified atom stereocenters. The first kappa shape index (κ1) is 10.5. The van der Waals surface area contributed by atoms with Crippen molar-refractivity contribution in [3.63, 3.8) is 0 Å². The first-order valence-corrected chi connectivity index (χ1v) is 4.76. The molecule has 1 aromatic carbocycles. The van der Waals surface area contributed by atoms with Gasteiger partial charge in [0.15, 0.2) is 0 Å². The minimum atomic E-state index is 0.348. The Bertz CT molecular complexity index is 242. The molecule has 13 heavy (non-hydrogen) atoms. The van der Waals surface area contributed by atoms with Crippen molar-refractivity contribution < 1.29 is 0 Å². The van der Waals surface area contributed by atoms with Gasteiger partial charge in [-0.1, -0.05) is 23.7 Å². The van der Waals surface area contributed by atoms with Crippen LogP contribution in [-0.2, 0) is 6.42 Å². The molecule has 0 aliphatic heterocycles. The monoisotopic (exact) mass is 198 g/mol. The van der Waals surface area contributed by atoms with Crippen molar-refractivity contribution >= 4 is 11.6 Å². The molecule has 2 nitrogen and oxygen atoms in total. The van der Waals surface area contributed by atoms with E-state index in [1.54, 1.807) is 0 Å². The smallest absolute Gasteiger partial charge is 0.0406 e. The van der Waals surface area contributed by atoms with Gasteiger partial charge in [0.05, 0.1) is 0 Å². The summed E-state index contributed by atoms with van der Waals surface area (Å²) in [5, 5.41) is 3.93. The number of halogens is 1. The van der Waals surface area contributed by atoms with Gasteiger partial charge in [0.2, 0.25) is 0 Å². The van der Waals surface area contributed by atoms with E-state index in [2.05, 4.69) is 5.32 Å². The first-order chi connectivity index (χ1) is 6.26. The average molecular weight is 199 g/mol. The van der Waals surface area contributed by atoms with Crippen LogP contribution in [0.1, 0.15) is 5.56 Å². The summed E-state index contributed by atoms with van der Waals surface area (Å²) in [7, 11) is 1.92. The van der Waals surface area contributed by atoms with E-state index in [1.807, 2.05) is 31.3 Å².